The molecule has 4 aromatic rings. The molecule has 7 nitrogen and oxygen atoms in total. The average molecular weight is 462 g/mol. The molecule has 0 aliphatic rings. The highest BCUT2D eigenvalue weighted by molar-refractivity contribution is 7.92. The Labute approximate surface area is 192 Å². The summed E-state index contributed by atoms with van der Waals surface area (Å²) < 4.78 is 36.6. The minimum absolute atomic E-state index is 0.0874. The van der Waals surface area contributed by atoms with Gasteiger partial charge < -0.3 is 9.30 Å². The number of aryl methyl sites for hydroxylation is 1. The minimum atomic E-state index is -3.93. The number of hydrogen-bond donors (Lipinski definition) is 1. The number of sulfonamides is 1. The third-order valence-corrected chi connectivity index (χ3v) is 6.62. The van der Waals surface area contributed by atoms with E-state index in [0.717, 1.165) is 11.4 Å². The predicted octanol–water partition coefficient (Wildman–Crippen LogP) is 4.86. The smallest absolute Gasteiger partial charge is 0.262 e. The molecule has 1 heterocycles. The summed E-state index contributed by atoms with van der Waals surface area (Å²) >= 11 is 0. The first-order chi connectivity index (χ1) is 15.8. The lowest BCUT2D eigenvalue weighted by atomic mass is 10.0. The van der Waals surface area contributed by atoms with E-state index in [1.165, 1.54) is 20.1 Å². The molecule has 4 rings (SSSR count). The molecule has 0 fully saturated rings. The first-order valence-electron chi connectivity index (χ1n) is 10.2. The van der Waals surface area contributed by atoms with Crippen molar-refractivity contribution in [3.05, 3.63) is 90.5 Å². The molecular formula is C25H23N3O4S. The fourth-order valence-electron chi connectivity index (χ4n) is 3.56. The number of Topliss-reactive ketones (excluding diaryl/α,β-unsaturated/α-hetero) is 1. The standard InChI is InChI=1S/C25H23N3O4S/c1-17-15-28(16-26-17)23-12-11-21(14-24(23)32-3)27-33(30,31)25-10-5-4-9-22(25)20-8-6-7-19(13-20)18(2)29/h4-16,27H,1-3H3. The summed E-state index contributed by atoms with van der Waals surface area (Å²) in [6.45, 7) is 3.36. The van der Waals surface area contributed by atoms with Gasteiger partial charge in [0.15, 0.2) is 5.78 Å². The van der Waals surface area contributed by atoms with Gasteiger partial charge in [-0.05, 0) is 43.7 Å². The van der Waals surface area contributed by atoms with E-state index in [1.807, 2.05) is 17.7 Å². The molecule has 168 valence electrons. The summed E-state index contributed by atoms with van der Waals surface area (Å²) in [6, 6.07) is 18.7. The molecule has 1 aromatic heterocycles. The average Bonchev–Trinajstić information content (AvgIpc) is 3.24. The van der Waals surface area contributed by atoms with Crippen LogP contribution >= 0.6 is 0 Å². The van der Waals surface area contributed by atoms with E-state index < -0.39 is 10.0 Å². The van der Waals surface area contributed by atoms with Crippen LogP contribution in [0.4, 0.5) is 5.69 Å². The maximum absolute atomic E-state index is 13.3. The number of carbonyl (C=O) groups is 1. The second kappa shape index (κ2) is 8.91. The molecular weight excluding hydrogens is 438 g/mol. The van der Waals surface area contributed by atoms with Crippen molar-refractivity contribution < 1.29 is 17.9 Å². The fourth-order valence-corrected chi connectivity index (χ4v) is 4.84. The van der Waals surface area contributed by atoms with Gasteiger partial charge in [-0.3, -0.25) is 9.52 Å². The van der Waals surface area contributed by atoms with Gasteiger partial charge in [-0.1, -0.05) is 36.4 Å². The van der Waals surface area contributed by atoms with E-state index in [1.54, 1.807) is 67.0 Å². The Morgan fingerprint density at radius 1 is 1.03 bits per heavy atom. The normalized spacial score (nSPS) is 11.2. The molecule has 8 heteroatoms. The van der Waals surface area contributed by atoms with Crippen LogP contribution < -0.4 is 9.46 Å². The maximum atomic E-state index is 13.3. The molecule has 0 saturated heterocycles. The quantitative estimate of drug-likeness (QED) is 0.397. The predicted molar refractivity (Wildman–Crippen MR) is 128 cm³/mol. The lowest BCUT2D eigenvalue weighted by molar-refractivity contribution is 0.101. The Balaban J connectivity index is 1.71. The number of benzene rings is 3. The van der Waals surface area contributed by atoms with Crippen molar-refractivity contribution in [1.82, 2.24) is 9.55 Å². The van der Waals surface area contributed by atoms with Crippen molar-refractivity contribution in [2.45, 2.75) is 18.7 Å². The van der Waals surface area contributed by atoms with Gasteiger partial charge in [-0.15, -0.1) is 0 Å². The van der Waals surface area contributed by atoms with E-state index in [-0.39, 0.29) is 10.7 Å². The molecule has 0 saturated carbocycles. The van der Waals surface area contributed by atoms with Crippen molar-refractivity contribution in [3.63, 3.8) is 0 Å². The summed E-state index contributed by atoms with van der Waals surface area (Å²) in [5, 5.41) is 0. The molecule has 0 atom stereocenters. The third-order valence-electron chi connectivity index (χ3n) is 5.18. The molecule has 0 unspecified atom stereocenters. The summed E-state index contributed by atoms with van der Waals surface area (Å²) in [5.74, 6) is 0.408. The second-order valence-corrected chi connectivity index (χ2v) is 9.20. The number of nitrogens with zero attached hydrogens (tertiary/aromatic N) is 2. The maximum Gasteiger partial charge on any atom is 0.262 e. The molecule has 33 heavy (non-hydrogen) atoms. The Morgan fingerprint density at radius 3 is 2.52 bits per heavy atom. The van der Waals surface area contributed by atoms with Crippen molar-refractivity contribution in [3.8, 4) is 22.6 Å². The molecule has 0 aliphatic carbocycles. The van der Waals surface area contributed by atoms with E-state index in [4.69, 9.17) is 4.74 Å². The van der Waals surface area contributed by atoms with Gasteiger partial charge in [0.1, 0.15) is 5.75 Å². The number of imidazole rings is 1. The zero-order chi connectivity index (χ0) is 23.6. The van der Waals surface area contributed by atoms with Crippen LogP contribution in [0.15, 0.2) is 84.1 Å². The van der Waals surface area contributed by atoms with Crippen LogP contribution in [0.3, 0.4) is 0 Å². The lowest BCUT2D eigenvalue weighted by Gasteiger charge is -2.15. The summed E-state index contributed by atoms with van der Waals surface area (Å²) in [6.07, 6.45) is 3.52. The molecule has 0 spiro atoms. The van der Waals surface area contributed by atoms with Gasteiger partial charge in [0, 0.05) is 23.4 Å². The molecule has 0 amide bonds. The molecule has 3 aromatic carbocycles. The zero-order valence-electron chi connectivity index (χ0n) is 18.4. The number of carbonyl (C=O) groups excluding carboxylic acids is 1. The number of anilines is 1. The third kappa shape index (κ3) is 4.65. The van der Waals surface area contributed by atoms with Crippen molar-refractivity contribution in [2.24, 2.45) is 0 Å². The SMILES string of the molecule is COc1cc(NS(=O)(=O)c2ccccc2-c2cccc(C(C)=O)c2)ccc1-n1cnc(C)c1. The van der Waals surface area contributed by atoms with Crippen LogP contribution in [0.25, 0.3) is 16.8 Å². The summed E-state index contributed by atoms with van der Waals surface area (Å²) in [5.41, 5.74) is 3.62. The van der Waals surface area contributed by atoms with E-state index in [9.17, 15) is 13.2 Å². The highest BCUT2D eigenvalue weighted by Crippen LogP contribution is 2.32. The van der Waals surface area contributed by atoms with Crippen LogP contribution in [0.2, 0.25) is 0 Å². The number of nitrogens with one attached hydrogen (secondary N) is 1. The lowest BCUT2D eigenvalue weighted by Crippen LogP contribution is -2.14. The van der Waals surface area contributed by atoms with Gasteiger partial charge in [0.05, 0.1) is 35.4 Å². The number of hydrogen-bond acceptors (Lipinski definition) is 5. The number of methoxy groups -OCH3 is 1. The molecule has 0 radical (unpaired) electrons. The van der Waals surface area contributed by atoms with E-state index in [2.05, 4.69) is 9.71 Å². The number of aromatic nitrogens is 2. The Morgan fingerprint density at radius 2 is 1.82 bits per heavy atom. The number of rotatable bonds is 7. The molecule has 0 bridgehead atoms. The van der Waals surface area contributed by atoms with Gasteiger partial charge in [-0.25, -0.2) is 13.4 Å². The Kier molecular flexibility index (Phi) is 6.02. The van der Waals surface area contributed by atoms with E-state index in [0.29, 0.717) is 28.1 Å². The van der Waals surface area contributed by atoms with Gasteiger partial charge >= 0.3 is 0 Å². The highest BCUT2D eigenvalue weighted by atomic mass is 32.2. The topological polar surface area (TPSA) is 90.3 Å². The van der Waals surface area contributed by atoms with Crippen LogP contribution in [-0.2, 0) is 10.0 Å². The van der Waals surface area contributed by atoms with Crippen LogP contribution in [0.5, 0.6) is 5.75 Å². The van der Waals surface area contributed by atoms with Crippen molar-refractivity contribution >= 4 is 21.5 Å². The minimum Gasteiger partial charge on any atom is -0.494 e. The largest absolute Gasteiger partial charge is 0.494 e. The zero-order valence-corrected chi connectivity index (χ0v) is 19.3. The van der Waals surface area contributed by atoms with Gasteiger partial charge in [-0.2, -0.15) is 0 Å². The van der Waals surface area contributed by atoms with Crippen LogP contribution in [0, 0.1) is 6.92 Å². The second-order valence-electron chi connectivity index (χ2n) is 7.55. The first-order valence-corrected chi connectivity index (χ1v) is 11.7. The molecule has 0 aliphatic heterocycles. The van der Waals surface area contributed by atoms with Crippen molar-refractivity contribution in [2.75, 3.05) is 11.8 Å². The van der Waals surface area contributed by atoms with Gasteiger partial charge in [0.25, 0.3) is 10.0 Å². The van der Waals surface area contributed by atoms with Crippen molar-refractivity contribution in [1.29, 1.82) is 0 Å². The van der Waals surface area contributed by atoms with Crippen LogP contribution in [0.1, 0.15) is 23.0 Å². The summed E-state index contributed by atoms with van der Waals surface area (Å²) in [4.78, 5) is 16.1. The Hall–Kier alpha value is -3.91. The number of ketones is 1. The highest BCUT2D eigenvalue weighted by Gasteiger charge is 2.20. The van der Waals surface area contributed by atoms with Crippen LogP contribution in [-0.4, -0.2) is 30.9 Å². The fraction of sp³-hybridized carbons (Fsp3) is 0.120. The monoisotopic (exact) mass is 461 g/mol. The molecule has 1 N–H and O–H groups in total. The first kappa shape index (κ1) is 22.3. The summed E-state index contributed by atoms with van der Waals surface area (Å²) in [7, 11) is -2.41. The number of ether oxygens (including phenoxy) is 1. The van der Waals surface area contributed by atoms with E-state index >= 15 is 0 Å². The Bertz CT molecular complexity index is 1440. The van der Waals surface area contributed by atoms with Gasteiger partial charge in [0.2, 0.25) is 0 Å².